The van der Waals surface area contributed by atoms with Gasteiger partial charge in [0.15, 0.2) is 0 Å². The van der Waals surface area contributed by atoms with Gasteiger partial charge in [-0.05, 0) is 115 Å². The first-order valence-corrected chi connectivity index (χ1v) is 14.4. The molecule has 4 fully saturated rings. The number of benzene rings is 1. The number of rotatable bonds is 2. The number of hydrogen-bond donors (Lipinski definition) is 0. The SMILES string of the molecule is C[C@]12CC[C@@H](N3CCOCC3)C[C@@H]1CC[C@@H]1[C@@H]2CC[C@]2(C)C(c3ccc4ccncc4c3)=CC[C@@H]12. The molecule has 0 unspecified atom stereocenters. The molecule has 3 saturated carbocycles. The molecule has 7 atom stereocenters. The van der Waals surface area contributed by atoms with Gasteiger partial charge in [0.2, 0.25) is 0 Å². The number of morpholine rings is 1. The van der Waals surface area contributed by atoms with Crippen LogP contribution in [0, 0.1) is 34.5 Å². The summed E-state index contributed by atoms with van der Waals surface area (Å²) in [5, 5.41) is 2.57. The third-order valence-corrected chi connectivity index (χ3v) is 11.7. The normalized spacial score (nSPS) is 41.7. The highest BCUT2D eigenvalue weighted by Gasteiger charge is 2.58. The van der Waals surface area contributed by atoms with Crippen LogP contribution < -0.4 is 0 Å². The van der Waals surface area contributed by atoms with Crippen LogP contribution in [0.1, 0.15) is 70.8 Å². The fourth-order valence-electron chi connectivity index (χ4n) is 9.78. The van der Waals surface area contributed by atoms with E-state index in [4.69, 9.17) is 4.74 Å². The highest BCUT2D eigenvalue weighted by Crippen LogP contribution is 2.67. The molecule has 0 bridgehead atoms. The Morgan fingerprint density at radius 3 is 2.71 bits per heavy atom. The minimum atomic E-state index is 0.339. The zero-order valence-corrected chi connectivity index (χ0v) is 21.7. The number of nitrogens with zero attached hydrogens (tertiary/aromatic N) is 2. The van der Waals surface area contributed by atoms with E-state index in [0.29, 0.717) is 10.8 Å². The molecule has 3 nitrogen and oxygen atoms in total. The molecular weight excluding hydrogens is 428 g/mol. The van der Waals surface area contributed by atoms with Crippen LogP contribution in [-0.2, 0) is 4.74 Å². The van der Waals surface area contributed by atoms with Gasteiger partial charge in [-0.2, -0.15) is 0 Å². The molecule has 1 aliphatic heterocycles. The molecule has 0 N–H and O–H groups in total. The molecule has 4 aliphatic carbocycles. The molecule has 2 aromatic rings. The Morgan fingerprint density at radius 2 is 1.83 bits per heavy atom. The van der Waals surface area contributed by atoms with Crippen molar-refractivity contribution in [3.63, 3.8) is 0 Å². The second-order valence-electron chi connectivity index (χ2n) is 13.0. The predicted molar refractivity (Wildman–Crippen MR) is 143 cm³/mol. The van der Waals surface area contributed by atoms with E-state index in [9.17, 15) is 0 Å². The van der Waals surface area contributed by atoms with Crippen LogP contribution in [0.3, 0.4) is 0 Å². The third kappa shape index (κ3) is 3.48. The largest absolute Gasteiger partial charge is 0.379 e. The third-order valence-electron chi connectivity index (χ3n) is 11.7. The minimum Gasteiger partial charge on any atom is -0.379 e. The molecule has 2 heterocycles. The molecule has 0 spiro atoms. The number of ether oxygens (including phenoxy) is 1. The lowest BCUT2D eigenvalue weighted by molar-refractivity contribution is -0.113. The van der Waals surface area contributed by atoms with Gasteiger partial charge in [0.05, 0.1) is 13.2 Å². The summed E-state index contributed by atoms with van der Waals surface area (Å²) in [5.41, 5.74) is 3.98. The van der Waals surface area contributed by atoms with Gasteiger partial charge in [0, 0.05) is 36.9 Å². The minimum absolute atomic E-state index is 0.339. The van der Waals surface area contributed by atoms with Gasteiger partial charge < -0.3 is 4.74 Å². The predicted octanol–water partition coefficient (Wildman–Crippen LogP) is 6.97. The number of pyridine rings is 1. The molecular formula is C32H42N2O. The van der Waals surface area contributed by atoms with Crippen molar-refractivity contribution in [3.05, 3.63) is 48.3 Å². The van der Waals surface area contributed by atoms with Crippen molar-refractivity contribution in [1.29, 1.82) is 0 Å². The van der Waals surface area contributed by atoms with Crippen molar-refractivity contribution in [2.45, 2.75) is 71.3 Å². The van der Waals surface area contributed by atoms with Gasteiger partial charge in [-0.25, -0.2) is 0 Å². The lowest BCUT2D eigenvalue weighted by atomic mass is 9.44. The number of fused-ring (bicyclic) bond motifs is 6. The highest BCUT2D eigenvalue weighted by atomic mass is 16.5. The molecule has 7 rings (SSSR count). The van der Waals surface area contributed by atoms with Crippen molar-refractivity contribution in [2.75, 3.05) is 26.3 Å². The summed E-state index contributed by atoms with van der Waals surface area (Å²) in [5.74, 6) is 3.59. The van der Waals surface area contributed by atoms with Crippen LogP contribution in [0.4, 0.5) is 0 Å². The van der Waals surface area contributed by atoms with Crippen molar-refractivity contribution >= 4 is 16.3 Å². The summed E-state index contributed by atoms with van der Waals surface area (Å²) in [6, 6.07) is 10.0. The van der Waals surface area contributed by atoms with Crippen LogP contribution in [0.2, 0.25) is 0 Å². The van der Waals surface area contributed by atoms with Crippen LogP contribution >= 0.6 is 0 Å². The zero-order chi connectivity index (χ0) is 23.6. The monoisotopic (exact) mass is 470 g/mol. The summed E-state index contributed by atoms with van der Waals surface area (Å²) < 4.78 is 5.65. The molecule has 5 aliphatic rings. The summed E-state index contributed by atoms with van der Waals surface area (Å²) >= 11 is 0. The Kier molecular flexibility index (Phi) is 5.41. The summed E-state index contributed by atoms with van der Waals surface area (Å²) in [4.78, 5) is 7.15. The fourth-order valence-corrected chi connectivity index (χ4v) is 9.78. The second-order valence-corrected chi connectivity index (χ2v) is 13.0. The average molecular weight is 471 g/mol. The first-order chi connectivity index (χ1) is 17.1. The smallest absolute Gasteiger partial charge is 0.0594 e. The van der Waals surface area contributed by atoms with E-state index in [-0.39, 0.29) is 0 Å². The van der Waals surface area contributed by atoms with Gasteiger partial charge in [0.1, 0.15) is 0 Å². The maximum absolute atomic E-state index is 5.65. The number of hydrogen-bond acceptors (Lipinski definition) is 3. The standard InChI is InChI=1S/C32H42N2O/c1-31-12-9-26(34-15-17-35-18-16-34)20-25(31)5-6-27-29-8-7-28(32(29,2)13-10-30(27)31)23-4-3-22-11-14-33-21-24(22)19-23/h3-4,7,11,14,19,21,25-27,29-30H,5-6,8-10,12-13,15-18,20H2,1-2H3/t25-,26+,27-,29-,30-,31-,32+/m0/s1. The van der Waals surface area contributed by atoms with Crippen molar-refractivity contribution in [2.24, 2.45) is 34.5 Å². The van der Waals surface area contributed by atoms with Crippen LogP contribution in [-0.4, -0.2) is 42.2 Å². The average Bonchev–Trinajstić information content (AvgIpc) is 3.25. The van der Waals surface area contributed by atoms with E-state index in [1.165, 1.54) is 67.7 Å². The molecule has 186 valence electrons. The van der Waals surface area contributed by atoms with E-state index in [0.717, 1.165) is 56.0 Å². The molecule has 35 heavy (non-hydrogen) atoms. The molecule has 1 aromatic carbocycles. The maximum atomic E-state index is 5.65. The van der Waals surface area contributed by atoms with E-state index >= 15 is 0 Å². The van der Waals surface area contributed by atoms with E-state index < -0.39 is 0 Å². The Labute approximate surface area is 211 Å². The van der Waals surface area contributed by atoms with Crippen molar-refractivity contribution in [3.8, 4) is 0 Å². The Balaban J connectivity index is 1.12. The van der Waals surface area contributed by atoms with Gasteiger partial charge in [-0.15, -0.1) is 0 Å². The summed E-state index contributed by atoms with van der Waals surface area (Å²) in [6.07, 6.45) is 17.9. The van der Waals surface area contributed by atoms with E-state index in [1.54, 1.807) is 5.57 Å². The fraction of sp³-hybridized carbons (Fsp3) is 0.656. The topological polar surface area (TPSA) is 25.4 Å². The van der Waals surface area contributed by atoms with E-state index in [2.05, 4.69) is 54.1 Å². The molecule has 0 radical (unpaired) electrons. The van der Waals surface area contributed by atoms with Gasteiger partial charge in [-0.3, -0.25) is 9.88 Å². The second kappa shape index (κ2) is 8.42. The molecule has 1 saturated heterocycles. The van der Waals surface area contributed by atoms with Crippen molar-refractivity contribution in [1.82, 2.24) is 9.88 Å². The molecule has 3 heteroatoms. The molecule has 1 aromatic heterocycles. The van der Waals surface area contributed by atoms with Crippen molar-refractivity contribution < 1.29 is 4.74 Å². The lowest BCUT2D eigenvalue weighted by Gasteiger charge is -2.61. The van der Waals surface area contributed by atoms with Crippen LogP contribution in [0.15, 0.2) is 42.7 Å². The number of allylic oxidation sites excluding steroid dienone is 2. The Bertz CT molecular complexity index is 1140. The summed E-state index contributed by atoms with van der Waals surface area (Å²) in [6.45, 7) is 9.51. The lowest BCUT2D eigenvalue weighted by Crippen LogP contribution is -2.56. The van der Waals surface area contributed by atoms with Gasteiger partial charge in [-0.1, -0.05) is 32.1 Å². The summed E-state index contributed by atoms with van der Waals surface area (Å²) in [7, 11) is 0. The first kappa shape index (κ1) is 22.5. The van der Waals surface area contributed by atoms with Crippen LogP contribution in [0.5, 0.6) is 0 Å². The molecule has 0 amide bonds. The Hall–Kier alpha value is -1.71. The van der Waals surface area contributed by atoms with Gasteiger partial charge in [0.25, 0.3) is 0 Å². The quantitative estimate of drug-likeness (QED) is 0.474. The maximum Gasteiger partial charge on any atom is 0.0594 e. The highest BCUT2D eigenvalue weighted by molar-refractivity contribution is 5.86. The van der Waals surface area contributed by atoms with Gasteiger partial charge >= 0.3 is 0 Å². The zero-order valence-electron chi connectivity index (χ0n) is 21.7. The van der Waals surface area contributed by atoms with Crippen LogP contribution in [0.25, 0.3) is 16.3 Å². The van der Waals surface area contributed by atoms with E-state index in [1.807, 2.05) is 12.4 Å². The first-order valence-electron chi connectivity index (χ1n) is 14.4. The Morgan fingerprint density at radius 1 is 0.943 bits per heavy atom. The number of aromatic nitrogens is 1.